The first-order valence-electron chi connectivity index (χ1n) is 4.66. The lowest BCUT2D eigenvalue weighted by Crippen LogP contribution is -2.29. The number of carbonyl (C=O) groups is 1. The van der Waals surface area contributed by atoms with Gasteiger partial charge in [-0.1, -0.05) is 23.2 Å². The summed E-state index contributed by atoms with van der Waals surface area (Å²) in [6, 6.07) is 1.94. The van der Waals surface area contributed by atoms with Crippen LogP contribution in [0.3, 0.4) is 0 Å². The predicted molar refractivity (Wildman–Crippen MR) is 64.6 cm³/mol. The Kier molecular flexibility index (Phi) is 5.08. The SMILES string of the molecule is O=C(O)c1c(Cl)ccc(S(=O)(=O)NCC(F)F)c1Cl. The van der Waals surface area contributed by atoms with E-state index in [1.54, 1.807) is 4.72 Å². The van der Waals surface area contributed by atoms with E-state index in [-0.39, 0.29) is 5.02 Å². The standard InChI is InChI=1S/C9H7Cl2F2NO4S/c10-4-1-2-5(8(11)7(4)9(15)16)19(17,18)14-3-6(12)13/h1-2,6,14H,3H2,(H,15,16). The topological polar surface area (TPSA) is 83.5 Å². The number of alkyl halides is 2. The Bertz CT molecular complexity index is 606. The number of benzene rings is 1. The summed E-state index contributed by atoms with van der Waals surface area (Å²) < 4.78 is 48.9. The van der Waals surface area contributed by atoms with E-state index in [4.69, 9.17) is 28.3 Å². The molecule has 0 aliphatic rings. The Morgan fingerprint density at radius 2 is 1.95 bits per heavy atom. The van der Waals surface area contributed by atoms with Crippen LogP contribution < -0.4 is 4.72 Å². The molecule has 1 rings (SSSR count). The third-order valence-electron chi connectivity index (χ3n) is 1.99. The number of nitrogens with one attached hydrogen (secondary N) is 1. The van der Waals surface area contributed by atoms with Gasteiger partial charge in [-0.2, -0.15) is 0 Å². The van der Waals surface area contributed by atoms with Gasteiger partial charge in [0.05, 0.1) is 22.2 Å². The van der Waals surface area contributed by atoms with Gasteiger partial charge in [-0.05, 0) is 12.1 Å². The smallest absolute Gasteiger partial charge is 0.338 e. The molecule has 0 atom stereocenters. The molecule has 0 aliphatic heterocycles. The molecule has 0 unspecified atom stereocenters. The normalized spacial score (nSPS) is 11.8. The van der Waals surface area contributed by atoms with Gasteiger partial charge in [0.1, 0.15) is 4.90 Å². The minimum Gasteiger partial charge on any atom is -0.478 e. The molecule has 0 fully saturated rings. The number of halogens is 4. The molecule has 0 radical (unpaired) electrons. The molecule has 106 valence electrons. The van der Waals surface area contributed by atoms with Crippen LogP contribution in [0, 0.1) is 0 Å². The molecule has 0 amide bonds. The summed E-state index contributed by atoms with van der Waals surface area (Å²) in [7, 11) is -4.34. The summed E-state index contributed by atoms with van der Waals surface area (Å²) in [5.41, 5.74) is -0.608. The van der Waals surface area contributed by atoms with E-state index in [0.717, 1.165) is 12.1 Å². The van der Waals surface area contributed by atoms with Gasteiger partial charge in [-0.3, -0.25) is 0 Å². The van der Waals surface area contributed by atoms with Crippen molar-refractivity contribution in [3.05, 3.63) is 27.7 Å². The Labute approximate surface area is 117 Å². The maximum absolute atomic E-state index is 12.0. The average Bonchev–Trinajstić information content (AvgIpc) is 2.25. The zero-order chi connectivity index (χ0) is 14.8. The first kappa shape index (κ1) is 16.1. The van der Waals surface area contributed by atoms with Crippen LogP contribution in [-0.2, 0) is 10.0 Å². The number of rotatable bonds is 5. The minimum absolute atomic E-state index is 0.259. The molecule has 1 aromatic rings. The van der Waals surface area contributed by atoms with Crippen molar-refractivity contribution in [3.63, 3.8) is 0 Å². The van der Waals surface area contributed by atoms with E-state index in [1.807, 2.05) is 0 Å². The summed E-state index contributed by atoms with van der Waals surface area (Å²) in [6.07, 6.45) is -2.89. The van der Waals surface area contributed by atoms with Crippen LogP contribution in [0.2, 0.25) is 10.0 Å². The lowest BCUT2D eigenvalue weighted by Gasteiger charge is -2.10. The van der Waals surface area contributed by atoms with Crippen LogP contribution in [0.4, 0.5) is 8.78 Å². The van der Waals surface area contributed by atoms with Crippen molar-refractivity contribution in [1.82, 2.24) is 4.72 Å². The second-order valence-corrected chi connectivity index (χ2v) is 5.80. The lowest BCUT2D eigenvalue weighted by molar-refractivity contribution is 0.0697. The third kappa shape index (κ3) is 3.75. The van der Waals surface area contributed by atoms with E-state index in [2.05, 4.69) is 0 Å². The summed E-state index contributed by atoms with van der Waals surface area (Å²) >= 11 is 11.2. The van der Waals surface area contributed by atoms with Crippen molar-refractivity contribution in [1.29, 1.82) is 0 Å². The molecule has 0 aliphatic carbocycles. The first-order chi connectivity index (χ1) is 8.66. The molecule has 0 spiro atoms. The number of carboxylic acids is 1. The first-order valence-corrected chi connectivity index (χ1v) is 6.90. The summed E-state index contributed by atoms with van der Waals surface area (Å²) in [5, 5.41) is 7.95. The largest absolute Gasteiger partial charge is 0.478 e. The molecule has 5 nitrogen and oxygen atoms in total. The number of carboxylic acid groups (broad SMARTS) is 1. The van der Waals surface area contributed by atoms with Crippen LogP contribution in [-0.4, -0.2) is 32.5 Å². The molecule has 0 saturated carbocycles. The second-order valence-electron chi connectivity index (χ2n) is 3.28. The van der Waals surface area contributed by atoms with Gasteiger partial charge < -0.3 is 5.11 Å². The van der Waals surface area contributed by atoms with E-state index in [0.29, 0.717) is 0 Å². The van der Waals surface area contributed by atoms with E-state index in [9.17, 15) is 22.0 Å². The fourth-order valence-corrected chi connectivity index (χ4v) is 3.11. The molecule has 0 saturated heterocycles. The minimum atomic E-state index is -4.34. The maximum atomic E-state index is 12.0. The monoisotopic (exact) mass is 333 g/mol. The Hall–Kier alpha value is -0.960. The number of hydrogen-bond donors (Lipinski definition) is 2. The highest BCUT2D eigenvalue weighted by molar-refractivity contribution is 7.89. The van der Waals surface area contributed by atoms with Crippen LogP contribution in [0.15, 0.2) is 17.0 Å². The van der Waals surface area contributed by atoms with Crippen molar-refractivity contribution in [2.75, 3.05) is 6.54 Å². The van der Waals surface area contributed by atoms with Crippen LogP contribution in [0.5, 0.6) is 0 Å². The molecular weight excluding hydrogens is 327 g/mol. The van der Waals surface area contributed by atoms with Crippen molar-refractivity contribution in [2.45, 2.75) is 11.3 Å². The highest BCUT2D eigenvalue weighted by Crippen LogP contribution is 2.30. The van der Waals surface area contributed by atoms with Gasteiger partial charge in [0.25, 0.3) is 6.43 Å². The van der Waals surface area contributed by atoms with Gasteiger partial charge in [-0.25, -0.2) is 26.7 Å². The van der Waals surface area contributed by atoms with Crippen molar-refractivity contribution in [2.24, 2.45) is 0 Å². The zero-order valence-electron chi connectivity index (χ0n) is 9.03. The average molecular weight is 334 g/mol. The van der Waals surface area contributed by atoms with Crippen molar-refractivity contribution < 1.29 is 27.1 Å². The van der Waals surface area contributed by atoms with Crippen LogP contribution in [0.25, 0.3) is 0 Å². The summed E-state index contributed by atoms with van der Waals surface area (Å²) in [5.74, 6) is -1.53. The molecule has 0 bridgehead atoms. The lowest BCUT2D eigenvalue weighted by atomic mass is 10.2. The molecule has 2 N–H and O–H groups in total. The Morgan fingerprint density at radius 3 is 2.42 bits per heavy atom. The van der Waals surface area contributed by atoms with E-state index >= 15 is 0 Å². The van der Waals surface area contributed by atoms with Gasteiger partial charge >= 0.3 is 5.97 Å². The molecule has 0 aromatic heterocycles. The van der Waals surface area contributed by atoms with E-state index < -0.39 is 44.4 Å². The Morgan fingerprint density at radius 1 is 1.37 bits per heavy atom. The highest BCUT2D eigenvalue weighted by atomic mass is 35.5. The molecular formula is C9H7Cl2F2NO4S. The predicted octanol–water partition coefficient (Wildman–Crippen LogP) is 2.24. The zero-order valence-corrected chi connectivity index (χ0v) is 11.4. The molecule has 10 heteroatoms. The Balaban J connectivity index is 3.29. The van der Waals surface area contributed by atoms with Gasteiger partial charge in [0.15, 0.2) is 0 Å². The highest BCUT2D eigenvalue weighted by Gasteiger charge is 2.25. The molecule has 1 aromatic carbocycles. The van der Waals surface area contributed by atoms with Crippen LogP contribution >= 0.6 is 23.2 Å². The van der Waals surface area contributed by atoms with Crippen molar-refractivity contribution in [3.8, 4) is 0 Å². The number of sulfonamides is 1. The number of aromatic carboxylic acids is 1. The van der Waals surface area contributed by atoms with Gasteiger partial charge in [0, 0.05) is 0 Å². The van der Waals surface area contributed by atoms with Crippen LogP contribution in [0.1, 0.15) is 10.4 Å². The summed E-state index contributed by atoms with van der Waals surface area (Å²) in [4.78, 5) is 10.3. The van der Waals surface area contributed by atoms with Gasteiger partial charge in [-0.15, -0.1) is 0 Å². The fraction of sp³-hybridized carbons (Fsp3) is 0.222. The van der Waals surface area contributed by atoms with Gasteiger partial charge in [0.2, 0.25) is 10.0 Å². The maximum Gasteiger partial charge on any atom is 0.338 e. The van der Waals surface area contributed by atoms with Crippen molar-refractivity contribution >= 4 is 39.2 Å². The van der Waals surface area contributed by atoms with E-state index in [1.165, 1.54) is 0 Å². The molecule has 0 heterocycles. The fourth-order valence-electron chi connectivity index (χ4n) is 1.19. The molecule has 19 heavy (non-hydrogen) atoms. The third-order valence-corrected chi connectivity index (χ3v) is 4.27. The second kappa shape index (κ2) is 6.00. The summed E-state index contributed by atoms with van der Waals surface area (Å²) in [6.45, 7) is -1.11. The quantitative estimate of drug-likeness (QED) is 0.865. The number of hydrogen-bond acceptors (Lipinski definition) is 3.